The van der Waals surface area contributed by atoms with Crippen LogP contribution < -0.4 is 10.6 Å². The van der Waals surface area contributed by atoms with E-state index in [0.717, 1.165) is 22.0 Å². The monoisotopic (exact) mass is 461 g/mol. The Morgan fingerprint density at radius 3 is 2.60 bits per heavy atom. The van der Waals surface area contributed by atoms with Gasteiger partial charge in [0.25, 0.3) is 5.91 Å². The van der Waals surface area contributed by atoms with E-state index >= 15 is 0 Å². The molecular weight excluding hydrogens is 438 g/mol. The molecule has 0 unspecified atom stereocenters. The highest BCUT2D eigenvalue weighted by molar-refractivity contribution is 7.16. The average Bonchev–Trinajstić information content (AvgIpc) is 3.35. The summed E-state index contributed by atoms with van der Waals surface area (Å²) in [5.74, 6) is -0.606. The predicted octanol–water partition coefficient (Wildman–Crippen LogP) is 4.95. The van der Waals surface area contributed by atoms with Crippen LogP contribution in [0.3, 0.4) is 0 Å². The van der Waals surface area contributed by atoms with Gasteiger partial charge in [-0.2, -0.15) is 0 Å². The summed E-state index contributed by atoms with van der Waals surface area (Å²) in [5, 5.41) is 9.22. The van der Waals surface area contributed by atoms with Gasteiger partial charge in [-0.1, -0.05) is 37.6 Å². The van der Waals surface area contributed by atoms with Gasteiger partial charge in [0.05, 0.1) is 26.2 Å². The maximum atomic E-state index is 12.7. The predicted molar refractivity (Wildman–Crippen MR) is 124 cm³/mol. The highest BCUT2D eigenvalue weighted by Gasteiger charge is 2.25. The molecule has 2 N–H and O–H groups in total. The number of carbonyl (C=O) groups excluding carboxylic acids is 2. The van der Waals surface area contributed by atoms with Crippen molar-refractivity contribution in [3.8, 4) is 10.6 Å². The third-order valence-electron chi connectivity index (χ3n) is 4.56. The van der Waals surface area contributed by atoms with Crippen LogP contribution in [0, 0.1) is 12.8 Å². The van der Waals surface area contributed by atoms with E-state index in [2.05, 4.69) is 33.1 Å². The van der Waals surface area contributed by atoms with Gasteiger partial charge in [0.2, 0.25) is 5.91 Å². The van der Waals surface area contributed by atoms with Crippen molar-refractivity contribution in [2.75, 3.05) is 6.54 Å². The molecule has 0 fully saturated rings. The lowest BCUT2D eigenvalue weighted by atomic mass is 10.0. The van der Waals surface area contributed by atoms with Crippen molar-refractivity contribution < 1.29 is 9.59 Å². The van der Waals surface area contributed by atoms with E-state index in [-0.39, 0.29) is 17.7 Å². The Hall–Kier alpha value is -2.22. The normalized spacial score (nSPS) is 12.0. The second-order valence-corrected chi connectivity index (χ2v) is 9.87. The Morgan fingerprint density at radius 1 is 1.17 bits per heavy atom. The number of amides is 2. The molecule has 8 heteroatoms. The van der Waals surface area contributed by atoms with E-state index in [1.54, 1.807) is 46.9 Å². The van der Waals surface area contributed by atoms with Gasteiger partial charge in [0, 0.05) is 16.8 Å². The van der Waals surface area contributed by atoms with Crippen LogP contribution in [-0.2, 0) is 11.2 Å². The molecule has 0 saturated heterocycles. The molecule has 0 spiro atoms. The third-order valence-corrected chi connectivity index (χ3v) is 6.83. The summed E-state index contributed by atoms with van der Waals surface area (Å²) < 4.78 is 0. The fourth-order valence-electron chi connectivity index (χ4n) is 2.94. The second kappa shape index (κ2) is 10.2. The molecule has 0 aliphatic rings. The molecular formula is C22H24ClN3O2S2. The fraction of sp³-hybridized carbons (Fsp3) is 0.318. The number of rotatable bonds is 8. The highest BCUT2D eigenvalue weighted by Crippen LogP contribution is 2.29. The van der Waals surface area contributed by atoms with Gasteiger partial charge in [0.1, 0.15) is 6.04 Å². The molecule has 0 bridgehead atoms. The van der Waals surface area contributed by atoms with E-state index in [1.807, 2.05) is 20.8 Å². The van der Waals surface area contributed by atoms with E-state index in [4.69, 9.17) is 11.6 Å². The number of thiophene rings is 1. The van der Waals surface area contributed by atoms with Crippen molar-refractivity contribution in [1.29, 1.82) is 0 Å². The Morgan fingerprint density at radius 2 is 1.93 bits per heavy atom. The Kier molecular flexibility index (Phi) is 7.64. The number of aryl methyl sites for hydroxylation is 1. The van der Waals surface area contributed by atoms with E-state index in [0.29, 0.717) is 17.1 Å². The molecule has 0 aliphatic heterocycles. The number of nitrogens with one attached hydrogen (secondary N) is 2. The highest BCUT2D eigenvalue weighted by atomic mass is 35.5. The van der Waals surface area contributed by atoms with Crippen molar-refractivity contribution in [3.63, 3.8) is 0 Å². The van der Waals surface area contributed by atoms with Crippen LogP contribution in [0.2, 0.25) is 5.02 Å². The molecule has 0 aliphatic carbocycles. The molecule has 3 aromatic rings. The first-order valence-corrected chi connectivity index (χ1v) is 11.8. The van der Waals surface area contributed by atoms with Crippen LogP contribution in [-0.4, -0.2) is 29.4 Å². The van der Waals surface area contributed by atoms with Crippen molar-refractivity contribution in [2.45, 2.75) is 33.2 Å². The molecule has 2 amide bonds. The first-order valence-electron chi connectivity index (χ1n) is 9.69. The van der Waals surface area contributed by atoms with E-state index in [1.165, 1.54) is 4.88 Å². The first-order chi connectivity index (χ1) is 14.3. The maximum absolute atomic E-state index is 12.7. The number of thiazole rings is 1. The summed E-state index contributed by atoms with van der Waals surface area (Å²) in [6.45, 7) is 6.30. The molecule has 5 nitrogen and oxygen atoms in total. The van der Waals surface area contributed by atoms with Crippen LogP contribution >= 0.6 is 34.3 Å². The van der Waals surface area contributed by atoms with Gasteiger partial charge in [-0.05, 0) is 43.5 Å². The Balaban J connectivity index is 1.55. The molecule has 1 atom stereocenters. The summed E-state index contributed by atoms with van der Waals surface area (Å²) in [6.07, 6.45) is 0.725. The van der Waals surface area contributed by atoms with Crippen molar-refractivity contribution >= 4 is 46.1 Å². The zero-order valence-electron chi connectivity index (χ0n) is 17.1. The number of benzene rings is 1. The summed E-state index contributed by atoms with van der Waals surface area (Å²) >= 11 is 9.42. The van der Waals surface area contributed by atoms with E-state index < -0.39 is 6.04 Å². The number of aromatic nitrogens is 1. The van der Waals surface area contributed by atoms with Crippen LogP contribution in [0.5, 0.6) is 0 Å². The van der Waals surface area contributed by atoms with Gasteiger partial charge in [-0.25, -0.2) is 4.98 Å². The lowest BCUT2D eigenvalue weighted by Gasteiger charge is -2.22. The lowest BCUT2D eigenvalue weighted by Crippen LogP contribution is -2.50. The minimum atomic E-state index is -0.634. The zero-order valence-corrected chi connectivity index (χ0v) is 19.5. The molecule has 2 heterocycles. The number of hydrogen-bond donors (Lipinski definition) is 2. The molecule has 3 rings (SSSR count). The molecule has 0 saturated carbocycles. The number of hydrogen-bond acceptors (Lipinski definition) is 5. The van der Waals surface area contributed by atoms with Crippen LogP contribution in [0.25, 0.3) is 10.6 Å². The van der Waals surface area contributed by atoms with Gasteiger partial charge in [-0.15, -0.1) is 22.7 Å². The SMILES string of the molecule is Cc1nc(-c2ccc(CCNC(=O)[C@@H](NC(=O)c3ccccc3Cl)C(C)C)s2)cs1. The van der Waals surface area contributed by atoms with E-state index in [9.17, 15) is 9.59 Å². The van der Waals surface area contributed by atoms with Gasteiger partial charge in [0.15, 0.2) is 0 Å². The molecule has 158 valence electrons. The van der Waals surface area contributed by atoms with Crippen molar-refractivity contribution in [3.05, 3.63) is 62.2 Å². The zero-order chi connectivity index (χ0) is 21.7. The third kappa shape index (κ3) is 5.68. The summed E-state index contributed by atoms with van der Waals surface area (Å²) in [4.78, 5) is 32.1. The van der Waals surface area contributed by atoms with Gasteiger partial charge in [-0.3, -0.25) is 9.59 Å². The molecule has 2 aromatic heterocycles. The number of nitrogens with zero attached hydrogens (tertiary/aromatic N) is 1. The summed E-state index contributed by atoms with van der Waals surface area (Å²) in [5.41, 5.74) is 1.36. The topological polar surface area (TPSA) is 71.1 Å². The van der Waals surface area contributed by atoms with Crippen LogP contribution in [0.4, 0.5) is 0 Å². The Labute approximate surface area is 189 Å². The lowest BCUT2D eigenvalue weighted by molar-refractivity contribution is -0.123. The minimum absolute atomic E-state index is 0.0577. The molecule has 1 aromatic carbocycles. The second-order valence-electron chi connectivity index (χ2n) is 7.23. The molecule has 30 heavy (non-hydrogen) atoms. The Bertz CT molecular complexity index is 1030. The van der Waals surface area contributed by atoms with Crippen LogP contribution in [0.1, 0.15) is 34.1 Å². The van der Waals surface area contributed by atoms with Crippen molar-refractivity contribution in [1.82, 2.24) is 15.6 Å². The summed E-state index contributed by atoms with van der Waals surface area (Å²) in [6, 6.07) is 10.3. The minimum Gasteiger partial charge on any atom is -0.354 e. The quantitative estimate of drug-likeness (QED) is 0.498. The fourth-order valence-corrected chi connectivity index (χ4v) is 4.82. The van der Waals surface area contributed by atoms with Crippen LogP contribution in [0.15, 0.2) is 41.8 Å². The molecule has 0 radical (unpaired) electrons. The van der Waals surface area contributed by atoms with Crippen molar-refractivity contribution in [2.24, 2.45) is 5.92 Å². The first kappa shape index (κ1) is 22.5. The summed E-state index contributed by atoms with van der Waals surface area (Å²) in [7, 11) is 0. The van der Waals surface area contributed by atoms with Gasteiger partial charge < -0.3 is 10.6 Å². The standard InChI is InChI=1S/C22H24ClN3O2S2/c1-13(2)20(26-21(27)16-6-4-5-7-17(16)23)22(28)24-11-10-15-8-9-19(30-15)18-12-29-14(3)25-18/h4-9,12-13,20H,10-11H2,1-3H3,(H,24,28)(H,26,27)/t20-/m0/s1. The van der Waals surface area contributed by atoms with Gasteiger partial charge >= 0.3 is 0 Å². The maximum Gasteiger partial charge on any atom is 0.253 e. The number of halogens is 1. The average molecular weight is 462 g/mol. The largest absolute Gasteiger partial charge is 0.354 e. The smallest absolute Gasteiger partial charge is 0.253 e. The number of carbonyl (C=O) groups is 2.